The molecule has 64 heavy (non-hydrogen) atoms. The van der Waals surface area contributed by atoms with E-state index in [1.807, 2.05) is 0 Å². The molecule has 0 aromatic heterocycles. The van der Waals surface area contributed by atoms with Crippen molar-refractivity contribution in [2.75, 3.05) is 13.2 Å². The molecule has 0 heterocycles. The minimum atomic E-state index is -0.777. The van der Waals surface area contributed by atoms with Gasteiger partial charge < -0.3 is 14.2 Å². The fourth-order valence-electron chi connectivity index (χ4n) is 7.15. The highest BCUT2D eigenvalue weighted by atomic mass is 16.6. The lowest BCUT2D eigenvalue weighted by molar-refractivity contribution is -0.167. The smallest absolute Gasteiger partial charge is 0.306 e. The van der Waals surface area contributed by atoms with Crippen LogP contribution in [0.25, 0.3) is 0 Å². The lowest BCUT2D eigenvalue weighted by Crippen LogP contribution is -2.30. The van der Waals surface area contributed by atoms with E-state index in [0.29, 0.717) is 19.3 Å². The second kappa shape index (κ2) is 52.2. The van der Waals surface area contributed by atoms with Crippen LogP contribution in [-0.2, 0) is 28.6 Å². The van der Waals surface area contributed by atoms with E-state index in [0.717, 1.165) is 116 Å². The zero-order chi connectivity index (χ0) is 46.5. The monoisotopic (exact) mass is 891 g/mol. The molecule has 6 nitrogen and oxygen atoms in total. The van der Waals surface area contributed by atoms with Crippen molar-refractivity contribution in [3.8, 4) is 0 Å². The Morgan fingerprint density at radius 1 is 0.328 bits per heavy atom. The van der Waals surface area contributed by atoms with E-state index < -0.39 is 6.10 Å². The molecule has 0 aromatic carbocycles. The molecule has 0 aliphatic rings. The number of esters is 3. The molecule has 6 heteroatoms. The lowest BCUT2D eigenvalue weighted by Gasteiger charge is -2.18. The maximum absolute atomic E-state index is 12.7. The molecule has 0 radical (unpaired) electrons. The summed E-state index contributed by atoms with van der Waals surface area (Å²) in [6.45, 7) is 6.40. The summed E-state index contributed by atoms with van der Waals surface area (Å²) < 4.78 is 16.6. The number of allylic oxidation sites excluding steroid dienone is 14. The van der Waals surface area contributed by atoms with E-state index in [1.165, 1.54) is 89.9 Å². The van der Waals surface area contributed by atoms with Crippen molar-refractivity contribution in [1.82, 2.24) is 0 Å². The summed E-state index contributed by atoms with van der Waals surface area (Å²) >= 11 is 0. The van der Waals surface area contributed by atoms with Gasteiger partial charge in [0, 0.05) is 19.3 Å². The molecule has 0 aliphatic carbocycles. The molecular weight excluding hydrogens is 793 g/mol. The highest BCUT2D eigenvalue weighted by molar-refractivity contribution is 5.71. The minimum absolute atomic E-state index is 0.0811. The first kappa shape index (κ1) is 60.6. The van der Waals surface area contributed by atoms with Gasteiger partial charge in [-0.1, -0.05) is 215 Å². The Balaban J connectivity index is 4.05. The van der Waals surface area contributed by atoms with Gasteiger partial charge in [-0.25, -0.2) is 0 Å². The number of carbonyl (C=O) groups is 3. The normalized spacial score (nSPS) is 12.7. The highest BCUT2D eigenvalue weighted by Gasteiger charge is 2.19. The third-order valence-corrected chi connectivity index (χ3v) is 11.1. The van der Waals surface area contributed by atoms with Crippen LogP contribution in [0.4, 0.5) is 0 Å². The van der Waals surface area contributed by atoms with E-state index in [-0.39, 0.29) is 31.1 Å². The van der Waals surface area contributed by atoms with Crippen molar-refractivity contribution in [2.45, 2.75) is 252 Å². The van der Waals surface area contributed by atoms with Gasteiger partial charge in [0.2, 0.25) is 0 Å². The lowest BCUT2D eigenvalue weighted by atomic mass is 10.1. The molecule has 1 unspecified atom stereocenters. The van der Waals surface area contributed by atoms with E-state index in [4.69, 9.17) is 14.2 Å². The Kier molecular flexibility index (Phi) is 49.4. The number of ether oxygens (including phenoxy) is 3. The van der Waals surface area contributed by atoms with Gasteiger partial charge in [-0.3, -0.25) is 14.4 Å². The van der Waals surface area contributed by atoms with Gasteiger partial charge in [0.1, 0.15) is 13.2 Å². The topological polar surface area (TPSA) is 78.9 Å². The first-order valence-corrected chi connectivity index (χ1v) is 26.6. The van der Waals surface area contributed by atoms with Crippen LogP contribution < -0.4 is 0 Å². The zero-order valence-corrected chi connectivity index (χ0v) is 41.8. The maximum Gasteiger partial charge on any atom is 0.306 e. The molecule has 1 atom stereocenters. The SMILES string of the molecule is CC/C=C\C/C=C\C/C=C\C/C=C\C/C=C\C/C=C\CCCCCCCCCCCCC(=O)OCC(COC(=O)CCCCCCC)OC(=O)CCCCCCC/C=C\CCCCC. The molecule has 0 aliphatic heterocycles. The molecular formula is C58H98O6. The predicted molar refractivity (Wildman–Crippen MR) is 274 cm³/mol. The summed E-state index contributed by atoms with van der Waals surface area (Å²) in [5.74, 6) is -0.910. The number of hydrogen-bond acceptors (Lipinski definition) is 6. The van der Waals surface area contributed by atoms with Crippen LogP contribution in [0.15, 0.2) is 85.1 Å². The van der Waals surface area contributed by atoms with Crippen LogP contribution in [-0.4, -0.2) is 37.2 Å². The number of hydrogen-bond donors (Lipinski definition) is 0. The minimum Gasteiger partial charge on any atom is -0.462 e. The average Bonchev–Trinajstić information content (AvgIpc) is 3.29. The molecule has 0 rings (SSSR count). The first-order valence-electron chi connectivity index (χ1n) is 26.6. The van der Waals surface area contributed by atoms with Crippen LogP contribution in [0.3, 0.4) is 0 Å². The number of rotatable bonds is 47. The molecule has 0 saturated carbocycles. The Bertz CT molecular complexity index is 1250. The standard InChI is InChI=1S/C58H98O6/c1-4-7-10-13-15-17-19-21-22-23-24-25-26-27-28-29-30-31-32-33-34-35-36-37-39-40-42-45-48-51-57(60)63-54-55(53-62-56(59)50-47-44-12-9-6-3)64-58(61)52-49-46-43-41-38-20-18-16-14-11-8-5-2/h7,10,15-18,21-22,24-25,27-28,30-31,55H,4-6,8-9,11-14,19-20,23,26,29,32-54H2,1-3H3/b10-7-,17-15-,18-16-,22-21-,25-24-,28-27-,31-30-. The molecule has 0 spiro atoms. The maximum atomic E-state index is 12.7. The summed E-state index contributed by atoms with van der Waals surface area (Å²) in [7, 11) is 0. The van der Waals surface area contributed by atoms with Gasteiger partial charge >= 0.3 is 17.9 Å². The van der Waals surface area contributed by atoms with Crippen LogP contribution >= 0.6 is 0 Å². The van der Waals surface area contributed by atoms with Crippen molar-refractivity contribution in [1.29, 1.82) is 0 Å². The van der Waals surface area contributed by atoms with Crippen LogP contribution in [0.1, 0.15) is 245 Å². The third-order valence-electron chi connectivity index (χ3n) is 11.1. The van der Waals surface area contributed by atoms with Crippen LogP contribution in [0, 0.1) is 0 Å². The van der Waals surface area contributed by atoms with Gasteiger partial charge in [-0.15, -0.1) is 0 Å². The highest BCUT2D eigenvalue weighted by Crippen LogP contribution is 2.14. The van der Waals surface area contributed by atoms with E-state index in [9.17, 15) is 14.4 Å². The Labute approximate surface area is 395 Å². The molecule has 366 valence electrons. The van der Waals surface area contributed by atoms with Gasteiger partial charge in [0.25, 0.3) is 0 Å². The van der Waals surface area contributed by atoms with E-state index in [1.54, 1.807) is 0 Å². The van der Waals surface area contributed by atoms with E-state index in [2.05, 4.69) is 106 Å². The summed E-state index contributed by atoms with van der Waals surface area (Å²) in [4.78, 5) is 37.6. The fraction of sp³-hybridized carbons (Fsp3) is 0.707. The first-order chi connectivity index (χ1) is 31.5. The second-order valence-electron chi connectivity index (χ2n) is 17.4. The van der Waals surface area contributed by atoms with Gasteiger partial charge in [0.05, 0.1) is 0 Å². The number of carbonyl (C=O) groups excluding carboxylic acids is 3. The summed E-state index contributed by atoms with van der Waals surface area (Å²) in [6.07, 6.45) is 67.6. The average molecular weight is 891 g/mol. The molecule has 0 bridgehead atoms. The molecule has 0 saturated heterocycles. The fourth-order valence-corrected chi connectivity index (χ4v) is 7.15. The summed E-state index contributed by atoms with van der Waals surface area (Å²) in [5, 5.41) is 0. The molecule has 0 N–H and O–H groups in total. The zero-order valence-electron chi connectivity index (χ0n) is 41.8. The van der Waals surface area contributed by atoms with Gasteiger partial charge in [0.15, 0.2) is 6.10 Å². The second-order valence-corrected chi connectivity index (χ2v) is 17.4. The molecule has 0 aromatic rings. The summed E-state index contributed by atoms with van der Waals surface area (Å²) in [6, 6.07) is 0. The third kappa shape index (κ3) is 49.6. The Morgan fingerprint density at radius 3 is 1.00 bits per heavy atom. The van der Waals surface area contributed by atoms with Crippen molar-refractivity contribution >= 4 is 17.9 Å². The van der Waals surface area contributed by atoms with Crippen molar-refractivity contribution in [2.24, 2.45) is 0 Å². The predicted octanol–water partition coefficient (Wildman–Crippen LogP) is 17.6. The quantitative estimate of drug-likeness (QED) is 0.0262. The molecule has 0 fully saturated rings. The van der Waals surface area contributed by atoms with Gasteiger partial charge in [-0.05, 0) is 96.3 Å². The van der Waals surface area contributed by atoms with Crippen LogP contribution in [0.5, 0.6) is 0 Å². The molecule has 0 amide bonds. The summed E-state index contributed by atoms with van der Waals surface area (Å²) in [5.41, 5.74) is 0. The van der Waals surface area contributed by atoms with Crippen molar-refractivity contribution < 1.29 is 28.6 Å². The largest absolute Gasteiger partial charge is 0.462 e. The van der Waals surface area contributed by atoms with Crippen LogP contribution in [0.2, 0.25) is 0 Å². The Morgan fingerprint density at radius 2 is 0.609 bits per heavy atom. The number of unbranched alkanes of at least 4 members (excludes halogenated alkanes) is 22. The van der Waals surface area contributed by atoms with Crippen molar-refractivity contribution in [3.05, 3.63) is 85.1 Å². The van der Waals surface area contributed by atoms with E-state index >= 15 is 0 Å². The van der Waals surface area contributed by atoms with Crippen molar-refractivity contribution in [3.63, 3.8) is 0 Å². The van der Waals surface area contributed by atoms with Gasteiger partial charge in [-0.2, -0.15) is 0 Å². The Hall–Kier alpha value is -3.41.